The zero-order chi connectivity index (χ0) is 8.91. The van der Waals surface area contributed by atoms with Gasteiger partial charge >= 0.3 is 0 Å². The molecule has 0 unspecified atom stereocenters. The van der Waals surface area contributed by atoms with Crippen molar-refractivity contribution in [3.05, 3.63) is 0 Å². The number of carbonyl (C=O) groups is 1. The normalized spacial score (nSPS) is 11.3. The van der Waals surface area contributed by atoms with Crippen molar-refractivity contribution in [1.82, 2.24) is 10.6 Å². The molecule has 0 fully saturated rings. The Kier molecular flexibility index (Phi) is 4.11. The van der Waals surface area contributed by atoms with Gasteiger partial charge in [0.05, 0.1) is 0 Å². The van der Waals surface area contributed by atoms with Crippen molar-refractivity contribution < 1.29 is 4.79 Å². The fraction of sp³-hybridized carbons (Fsp3) is 0.875. The van der Waals surface area contributed by atoms with E-state index in [1.54, 1.807) is 0 Å². The van der Waals surface area contributed by atoms with Crippen LogP contribution in [0, 0.1) is 0 Å². The highest BCUT2D eigenvalue weighted by Gasteiger charge is 2.17. The maximum absolute atomic E-state index is 11.0. The second-order valence-corrected chi connectivity index (χ2v) is 3.32. The Labute approximate surface area is 68.6 Å². The minimum absolute atomic E-state index is 0.102. The summed E-state index contributed by atoms with van der Waals surface area (Å²) in [6, 6.07) is 0. The molecule has 3 heteroatoms. The van der Waals surface area contributed by atoms with Crippen LogP contribution >= 0.6 is 0 Å². The monoisotopic (exact) mass is 158 g/mol. The lowest BCUT2D eigenvalue weighted by atomic mass is 10.1. The average molecular weight is 158 g/mol. The van der Waals surface area contributed by atoms with E-state index in [1.807, 2.05) is 27.8 Å². The Morgan fingerprint density at radius 1 is 1.45 bits per heavy atom. The van der Waals surface area contributed by atoms with E-state index in [2.05, 4.69) is 10.6 Å². The molecule has 0 saturated carbocycles. The standard InChI is InChI=1S/C8H18N2O/c1-5-7(11)10-8(2,3)6-9-4/h9H,5-6H2,1-4H3,(H,10,11). The molecule has 0 aromatic carbocycles. The first-order valence-corrected chi connectivity index (χ1v) is 3.97. The molecule has 0 aliphatic heterocycles. The first-order valence-electron chi connectivity index (χ1n) is 3.97. The van der Waals surface area contributed by atoms with Crippen molar-refractivity contribution in [2.45, 2.75) is 32.7 Å². The smallest absolute Gasteiger partial charge is 0.220 e. The van der Waals surface area contributed by atoms with Crippen LogP contribution in [0.2, 0.25) is 0 Å². The molecule has 0 rings (SSSR count). The Balaban J connectivity index is 3.80. The van der Waals surface area contributed by atoms with E-state index in [4.69, 9.17) is 0 Å². The molecule has 66 valence electrons. The van der Waals surface area contributed by atoms with E-state index >= 15 is 0 Å². The van der Waals surface area contributed by atoms with Crippen LogP contribution in [0.3, 0.4) is 0 Å². The van der Waals surface area contributed by atoms with E-state index in [-0.39, 0.29) is 11.4 Å². The Morgan fingerprint density at radius 2 is 2.00 bits per heavy atom. The molecule has 1 amide bonds. The minimum atomic E-state index is -0.137. The molecule has 0 spiro atoms. The first kappa shape index (κ1) is 10.4. The molecule has 0 aliphatic rings. The van der Waals surface area contributed by atoms with Gasteiger partial charge in [-0.15, -0.1) is 0 Å². The topological polar surface area (TPSA) is 41.1 Å². The van der Waals surface area contributed by atoms with Crippen LogP contribution in [-0.2, 0) is 4.79 Å². The molecule has 3 nitrogen and oxygen atoms in total. The number of hydrogen-bond donors (Lipinski definition) is 2. The van der Waals surface area contributed by atoms with Crippen LogP contribution in [-0.4, -0.2) is 25.0 Å². The van der Waals surface area contributed by atoms with Gasteiger partial charge in [0.1, 0.15) is 0 Å². The van der Waals surface area contributed by atoms with Crippen molar-refractivity contribution in [2.24, 2.45) is 0 Å². The van der Waals surface area contributed by atoms with Crippen molar-refractivity contribution >= 4 is 5.91 Å². The van der Waals surface area contributed by atoms with Gasteiger partial charge in [-0.1, -0.05) is 6.92 Å². The predicted molar refractivity (Wildman–Crippen MR) is 46.4 cm³/mol. The quantitative estimate of drug-likeness (QED) is 0.626. The van der Waals surface area contributed by atoms with Gasteiger partial charge in [0.2, 0.25) is 5.91 Å². The van der Waals surface area contributed by atoms with E-state index < -0.39 is 0 Å². The highest BCUT2D eigenvalue weighted by atomic mass is 16.1. The van der Waals surface area contributed by atoms with Gasteiger partial charge in [0, 0.05) is 18.5 Å². The first-order chi connectivity index (χ1) is 5.02. The summed E-state index contributed by atoms with van der Waals surface area (Å²) in [5.41, 5.74) is -0.137. The van der Waals surface area contributed by atoms with E-state index in [1.165, 1.54) is 0 Å². The summed E-state index contributed by atoms with van der Waals surface area (Å²) < 4.78 is 0. The van der Waals surface area contributed by atoms with Crippen molar-refractivity contribution in [1.29, 1.82) is 0 Å². The largest absolute Gasteiger partial charge is 0.350 e. The number of nitrogens with one attached hydrogen (secondary N) is 2. The third-order valence-electron chi connectivity index (χ3n) is 1.42. The summed E-state index contributed by atoms with van der Waals surface area (Å²) in [6.45, 7) is 6.64. The fourth-order valence-electron chi connectivity index (χ4n) is 0.952. The third kappa shape index (κ3) is 4.79. The van der Waals surface area contributed by atoms with Crippen molar-refractivity contribution in [3.63, 3.8) is 0 Å². The summed E-state index contributed by atoms with van der Waals surface area (Å²) >= 11 is 0. The minimum Gasteiger partial charge on any atom is -0.350 e. The second-order valence-electron chi connectivity index (χ2n) is 3.32. The lowest BCUT2D eigenvalue weighted by Gasteiger charge is -2.25. The summed E-state index contributed by atoms with van der Waals surface area (Å²) in [4.78, 5) is 11.0. The molecule has 2 N–H and O–H groups in total. The van der Waals surface area contributed by atoms with Crippen molar-refractivity contribution in [2.75, 3.05) is 13.6 Å². The van der Waals surface area contributed by atoms with Gasteiger partial charge in [-0.2, -0.15) is 0 Å². The van der Waals surface area contributed by atoms with Crippen LogP contribution in [0.15, 0.2) is 0 Å². The second kappa shape index (κ2) is 4.34. The number of carbonyl (C=O) groups excluding carboxylic acids is 1. The third-order valence-corrected chi connectivity index (χ3v) is 1.42. The van der Waals surface area contributed by atoms with Gasteiger partial charge in [-0.05, 0) is 20.9 Å². The van der Waals surface area contributed by atoms with E-state index in [0.717, 1.165) is 6.54 Å². The summed E-state index contributed by atoms with van der Waals surface area (Å²) in [5.74, 6) is 0.102. The van der Waals surface area contributed by atoms with Crippen LogP contribution < -0.4 is 10.6 Å². The molecular formula is C8H18N2O. The molecule has 0 bridgehead atoms. The Bertz CT molecular complexity index is 132. The molecule has 0 aromatic heterocycles. The van der Waals surface area contributed by atoms with Crippen LogP contribution in [0.5, 0.6) is 0 Å². The SMILES string of the molecule is CCC(=O)NC(C)(C)CNC. The number of amides is 1. The highest BCUT2D eigenvalue weighted by molar-refractivity contribution is 5.76. The summed E-state index contributed by atoms with van der Waals surface area (Å²) in [7, 11) is 1.87. The van der Waals surface area contributed by atoms with E-state index in [9.17, 15) is 4.79 Å². The van der Waals surface area contributed by atoms with Crippen molar-refractivity contribution in [3.8, 4) is 0 Å². The molecule has 0 heterocycles. The lowest BCUT2D eigenvalue weighted by Crippen LogP contribution is -2.49. The van der Waals surface area contributed by atoms with Gasteiger partial charge in [-0.25, -0.2) is 0 Å². The lowest BCUT2D eigenvalue weighted by molar-refractivity contribution is -0.122. The summed E-state index contributed by atoms with van der Waals surface area (Å²) in [6.07, 6.45) is 0.549. The Morgan fingerprint density at radius 3 is 2.36 bits per heavy atom. The van der Waals surface area contributed by atoms with Gasteiger partial charge in [0.25, 0.3) is 0 Å². The van der Waals surface area contributed by atoms with Crippen LogP contribution in [0.1, 0.15) is 27.2 Å². The maximum Gasteiger partial charge on any atom is 0.220 e. The zero-order valence-electron chi connectivity index (χ0n) is 7.82. The summed E-state index contributed by atoms with van der Waals surface area (Å²) in [5, 5.41) is 5.93. The van der Waals surface area contributed by atoms with Gasteiger partial charge < -0.3 is 10.6 Å². The zero-order valence-corrected chi connectivity index (χ0v) is 7.82. The van der Waals surface area contributed by atoms with E-state index in [0.29, 0.717) is 6.42 Å². The predicted octanol–water partition coefficient (Wildman–Crippen LogP) is 0.511. The number of hydrogen-bond acceptors (Lipinski definition) is 2. The van der Waals surface area contributed by atoms with Gasteiger partial charge in [-0.3, -0.25) is 4.79 Å². The molecule has 0 aromatic rings. The number of likely N-dealkylation sites (N-methyl/N-ethyl adjacent to an activating group) is 1. The Hall–Kier alpha value is -0.570. The van der Waals surface area contributed by atoms with Crippen LogP contribution in [0.25, 0.3) is 0 Å². The fourth-order valence-corrected chi connectivity index (χ4v) is 0.952. The molecule has 0 aliphatic carbocycles. The molecule has 11 heavy (non-hydrogen) atoms. The van der Waals surface area contributed by atoms with Crippen LogP contribution in [0.4, 0.5) is 0 Å². The number of rotatable bonds is 4. The average Bonchev–Trinajstić information content (AvgIpc) is 1.86. The molecular weight excluding hydrogens is 140 g/mol. The highest BCUT2D eigenvalue weighted by Crippen LogP contribution is 1.99. The van der Waals surface area contributed by atoms with Gasteiger partial charge in [0.15, 0.2) is 0 Å². The molecule has 0 radical (unpaired) electrons. The molecule has 0 saturated heterocycles. The maximum atomic E-state index is 11.0. The molecule has 0 atom stereocenters.